The van der Waals surface area contributed by atoms with Crippen LogP contribution < -0.4 is 11.5 Å². The van der Waals surface area contributed by atoms with Gasteiger partial charge in [-0.15, -0.1) is 0 Å². The van der Waals surface area contributed by atoms with E-state index in [-0.39, 0.29) is 11.7 Å². The van der Waals surface area contributed by atoms with Crippen molar-refractivity contribution in [3.63, 3.8) is 0 Å². The van der Waals surface area contributed by atoms with Crippen LogP contribution in [0.3, 0.4) is 0 Å². The van der Waals surface area contributed by atoms with Crippen LogP contribution in [0.5, 0.6) is 5.75 Å². The maximum Gasteiger partial charge on any atom is 0.224 e. The second-order valence-electron chi connectivity index (χ2n) is 3.18. The molecule has 1 unspecified atom stereocenters. The lowest BCUT2D eigenvalue weighted by molar-refractivity contribution is -0.119. The Balaban J connectivity index is 3.06. The fourth-order valence-electron chi connectivity index (χ4n) is 1.38. The summed E-state index contributed by atoms with van der Waals surface area (Å²) in [5, 5.41) is 9.35. The molecule has 0 aromatic heterocycles. The number of aromatic hydroxyl groups is 1. The molecule has 4 nitrogen and oxygen atoms in total. The van der Waals surface area contributed by atoms with E-state index in [0.29, 0.717) is 17.7 Å². The number of hydrogen-bond donors (Lipinski definition) is 3. The van der Waals surface area contributed by atoms with Crippen LogP contribution in [0, 0.1) is 0 Å². The molecular weight excluding hydrogens is 180 g/mol. The molecule has 0 bridgehead atoms. The molecule has 0 saturated carbocycles. The topological polar surface area (TPSA) is 89.3 Å². The summed E-state index contributed by atoms with van der Waals surface area (Å²) in [6, 6.07) is 4.75. The fraction of sp³-hybridized carbons (Fsp3) is 0.300. The van der Waals surface area contributed by atoms with Crippen molar-refractivity contribution in [3.8, 4) is 5.75 Å². The quantitative estimate of drug-likeness (QED) is 0.494. The standard InChI is InChI=1S/C10H14N2O2/c1-2-7(10(12)14)6-3-4-8(11)9(13)5-6/h3-5,7,13H,2,11H2,1H3,(H2,12,14). The molecule has 1 amide bonds. The van der Waals surface area contributed by atoms with Crippen LogP contribution >= 0.6 is 0 Å². The summed E-state index contributed by atoms with van der Waals surface area (Å²) in [6.07, 6.45) is 0.610. The Kier molecular flexibility index (Phi) is 2.96. The second-order valence-corrected chi connectivity index (χ2v) is 3.18. The first-order valence-corrected chi connectivity index (χ1v) is 4.44. The van der Waals surface area contributed by atoms with Crippen LogP contribution in [0.1, 0.15) is 24.8 Å². The summed E-state index contributed by atoms with van der Waals surface area (Å²) >= 11 is 0. The van der Waals surface area contributed by atoms with Crippen molar-refractivity contribution < 1.29 is 9.90 Å². The number of anilines is 1. The highest BCUT2D eigenvalue weighted by Gasteiger charge is 2.16. The van der Waals surface area contributed by atoms with Gasteiger partial charge in [0.25, 0.3) is 0 Å². The summed E-state index contributed by atoms with van der Waals surface area (Å²) in [6.45, 7) is 1.86. The predicted octanol–water partition coefficient (Wildman–Crippen LogP) is 0.953. The first-order valence-electron chi connectivity index (χ1n) is 4.44. The molecule has 0 spiro atoms. The Morgan fingerprint density at radius 3 is 2.64 bits per heavy atom. The fourth-order valence-corrected chi connectivity index (χ4v) is 1.38. The zero-order valence-electron chi connectivity index (χ0n) is 8.03. The molecule has 0 saturated heterocycles. The number of phenols is 1. The van der Waals surface area contributed by atoms with Gasteiger partial charge in [0, 0.05) is 0 Å². The van der Waals surface area contributed by atoms with Gasteiger partial charge in [0.05, 0.1) is 11.6 Å². The van der Waals surface area contributed by atoms with Crippen molar-refractivity contribution >= 4 is 11.6 Å². The molecular formula is C10H14N2O2. The third kappa shape index (κ3) is 1.96. The summed E-state index contributed by atoms with van der Waals surface area (Å²) in [7, 11) is 0. The minimum absolute atomic E-state index is 0.0119. The highest BCUT2D eigenvalue weighted by Crippen LogP contribution is 2.26. The molecule has 1 aromatic rings. The number of carbonyl (C=O) groups excluding carboxylic acids is 1. The van der Waals surface area contributed by atoms with Crippen LogP contribution in [0.15, 0.2) is 18.2 Å². The zero-order valence-corrected chi connectivity index (χ0v) is 8.03. The highest BCUT2D eigenvalue weighted by molar-refractivity contribution is 5.82. The van der Waals surface area contributed by atoms with Gasteiger partial charge in [-0.05, 0) is 24.1 Å². The van der Waals surface area contributed by atoms with Crippen molar-refractivity contribution in [2.24, 2.45) is 5.73 Å². The monoisotopic (exact) mass is 194 g/mol. The number of nitrogen functional groups attached to an aromatic ring is 1. The van der Waals surface area contributed by atoms with E-state index in [1.54, 1.807) is 12.1 Å². The third-order valence-corrected chi connectivity index (χ3v) is 2.21. The van der Waals surface area contributed by atoms with E-state index in [1.807, 2.05) is 6.92 Å². The molecule has 0 heterocycles. The second kappa shape index (κ2) is 4.00. The van der Waals surface area contributed by atoms with Crippen LogP contribution in [-0.2, 0) is 4.79 Å². The molecule has 0 aliphatic rings. The van der Waals surface area contributed by atoms with Crippen molar-refractivity contribution in [2.75, 3.05) is 5.73 Å². The van der Waals surface area contributed by atoms with Crippen molar-refractivity contribution in [3.05, 3.63) is 23.8 Å². The number of rotatable bonds is 3. The largest absolute Gasteiger partial charge is 0.506 e. The molecule has 0 aliphatic carbocycles. The van der Waals surface area contributed by atoms with Gasteiger partial charge in [0.15, 0.2) is 0 Å². The normalized spacial score (nSPS) is 12.4. The van der Waals surface area contributed by atoms with Gasteiger partial charge in [-0.3, -0.25) is 4.79 Å². The Hall–Kier alpha value is -1.71. The number of phenolic OH excluding ortho intramolecular Hbond substituents is 1. The molecule has 76 valence electrons. The third-order valence-electron chi connectivity index (χ3n) is 2.21. The van der Waals surface area contributed by atoms with E-state index in [0.717, 1.165) is 0 Å². The first kappa shape index (κ1) is 10.4. The molecule has 0 aliphatic heterocycles. The van der Waals surface area contributed by atoms with E-state index in [1.165, 1.54) is 6.07 Å². The maximum absolute atomic E-state index is 11.0. The summed E-state index contributed by atoms with van der Waals surface area (Å²) < 4.78 is 0. The van der Waals surface area contributed by atoms with Crippen molar-refractivity contribution in [1.82, 2.24) is 0 Å². The summed E-state index contributed by atoms with van der Waals surface area (Å²) in [5.74, 6) is -0.764. The van der Waals surface area contributed by atoms with Gasteiger partial charge < -0.3 is 16.6 Å². The number of nitrogens with two attached hydrogens (primary N) is 2. The minimum Gasteiger partial charge on any atom is -0.506 e. The number of benzene rings is 1. The van der Waals surface area contributed by atoms with E-state index in [9.17, 15) is 9.90 Å². The average molecular weight is 194 g/mol. The van der Waals surface area contributed by atoms with Gasteiger partial charge in [-0.2, -0.15) is 0 Å². The Bertz CT molecular complexity index is 350. The number of hydrogen-bond acceptors (Lipinski definition) is 3. The van der Waals surface area contributed by atoms with E-state index in [2.05, 4.69) is 0 Å². The lowest BCUT2D eigenvalue weighted by Crippen LogP contribution is -2.20. The maximum atomic E-state index is 11.0. The van der Waals surface area contributed by atoms with Crippen LogP contribution in [-0.4, -0.2) is 11.0 Å². The lowest BCUT2D eigenvalue weighted by atomic mass is 9.95. The Morgan fingerprint density at radius 1 is 1.57 bits per heavy atom. The smallest absolute Gasteiger partial charge is 0.224 e. The van der Waals surface area contributed by atoms with Gasteiger partial charge in [-0.1, -0.05) is 13.0 Å². The van der Waals surface area contributed by atoms with E-state index < -0.39 is 5.91 Å². The Morgan fingerprint density at radius 2 is 2.21 bits per heavy atom. The van der Waals surface area contributed by atoms with Crippen molar-refractivity contribution in [2.45, 2.75) is 19.3 Å². The van der Waals surface area contributed by atoms with Gasteiger partial charge in [0.1, 0.15) is 5.75 Å². The van der Waals surface area contributed by atoms with Crippen LogP contribution in [0.4, 0.5) is 5.69 Å². The first-order chi connectivity index (χ1) is 6.56. The van der Waals surface area contributed by atoms with E-state index >= 15 is 0 Å². The zero-order chi connectivity index (χ0) is 10.7. The summed E-state index contributed by atoms with van der Waals surface area (Å²) in [4.78, 5) is 11.0. The molecule has 1 atom stereocenters. The van der Waals surface area contributed by atoms with Gasteiger partial charge >= 0.3 is 0 Å². The van der Waals surface area contributed by atoms with Crippen molar-refractivity contribution in [1.29, 1.82) is 0 Å². The molecule has 5 N–H and O–H groups in total. The molecule has 4 heteroatoms. The molecule has 1 aromatic carbocycles. The minimum atomic E-state index is -0.392. The predicted molar refractivity (Wildman–Crippen MR) is 54.7 cm³/mol. The molecule has 0 fully saturated rings. The number of primary amides is 1. The molecule has 0 radical (unpaired) electrons. The molecule has 1 rings (SSSR count). The Labute approximate surface area is 82.5 Å². The van der Waals surface area contributed by atoms with Crippen LogP contribution in [0.2, 0.25) is 0 Å². The van der Waals surface area contributed by atoms with E-state index in [4.69, 9.17) is 11.5 Å². The van der Waals surface area contributed by atoms with Crippen LogP contribution in [0.25, 0.3) is 0 Å². The number of amides is 1. The molecule has 14 heavy (non-hydrogen) atoms. The average Bonchev–Trinajstić information content (AvgIpc) is 2.11. The van der Waals surface area contributed by atoms with Gasteiger partial charge in [-0.25, -0.2) is 0 Å². The highest BCUT2D eigenvalue weighted by atomic mass is 16.3. The summed E-state index contributed by atoms with van der Waals surface area (Å²) in [5.41, 5.74) is 11.7. The van der Waals surface area contributed by atoms with Gasteiger partial charge in [0.2, 0.25) is 5.91 Å². The number of carbonyl (C=O) groups is 1. The lowest BCUT2D eigenvalue weighted by Gasteiger charge is -2.11. The SMILES string of the molecule is CCC(C(N)=O)c1ccc(N)c(O)c1.